The predicted molar refractivity (Wildman–Crippen MR) is 52.4 cm³/mol. The van der Waals surface area contributed by atoms with Gasteiger partial charge < -0.3 is 0 Å². The van der Waals surface area contributed by atoms with Crippen LogP contribution in [-0.4, -0.2) is 20.0 Å². The zero-order chi connectivity index (χ0) is 8.53. The third kappa shape index (κ3) is 6.78. The molecule has 0 rings (SSSR count). The Labute approximate surface area is 76.8 Å². The summed E-state index contributed by atoms with van der Waals surface area (Å²) in [7, 11) is 0. The van der Waals surface area contributed by atoms with Crippen molar-refractivity contribution in [3.05, 3.63) is 4.91 Å². The van der Waals surface area contributed by atoms with Gasteiger partial charge in [-0.15, -0.1) is 0 Å². The monoisotopic (exact) mass is 265 g/mol. The molecule has 0 aliphatic carbocycles. The molecule has 0 aromatic heterocycles. The first-order chi connectivity index (χ1) is 5.35. The topological polar surface area (TPSA) is 29.4 Å². The fourth-order valence-corrected chi connectivity index (χ4v) is 7.58. The van der Waals surface area contributed by atoms with E-state index in [-0.39, 0.29) is 0 Å². The van der Waals surface area contributed by atoms with E-state index in [1.807, 2.05) is 0 Å². The van der Waals surface area contributed by atoms with Crippen LogP contribution in [0.25, 0.3) is 0 Å². The van der Waals surface area contributed by atoms with E-state index in [4.69, 9.17) is 0 Å². The van der Waals surface area contributed by atoms with Crippen LogP contribution in [-0.2, 0) is 0 Å². The molecule has 3 heteroatoms. The van der Waals surface area contributed by atoms with Gasteiger partial charge in [0.2, 0.25) is 0 Å². The molecule has 0 radical (unpaired) electrons. The van der Waals surface area contributed by atoms with Crippen LogP contribution < -0.4 is 0 Å². The van der Waals surface area contributed by atoms with E-state index in [1.54, 1.807) is 0 Å². The Morgan fingerprint density at radius 1 is 1.09 bits per heavy atom. The van der Waals surface area contributed by atoms with Crippen molar-refractivity contribution in [3.63, 3.8) is 0 Å². The van der Waals surface area contributed by atoms with E-state index in [9.17, 15) is 4.91 Å². The van der Waals surface area contributed by atoms with Gasteiger partial charge in [-0.25, -0.2) is 0 Å². The van der Waals surface area contributed by atoms with Gasteiger partial charge in [-0.3, -0.25) is 0 Å². The van der Waals surface area contributed by atoms with Crippen molar-refractivity contribution in [1.29, 1.82) is 0 Å². The second-order valence-corrected chi connectivity index (χ2v) is 10.7. The van der Waals surface area contributed by atoms with Gasteiger partial charge in [-0.1, -0.05) is 0 Å². The average molecular weight is 264 g/mol. The number of hydrogen-bond acceptors (Lipinski definition) is 2. The number of nitrogens with zero attached hydrogens (tertiary/aromatic N) is 1. The molecule has 0 heterocycles. The van der Waals surface area contributed by atoms with Gasteiger partial charge in [-0.2, -0.15) is 0 Å². The Morgan fingerprint density at radius 3 is 1.82 bits per heavy atom. The molecule has 0 saturated heterocycles. The predicted octanol–water partition coefficient (Wildman–Crippen LogP) is 3.08. The number of nitroso groups, excluding NO2 is 1. The third-order valence-electron chi connectivity index (χ3n) is 1.93. The van der Waals surface area contributed by atoms with Crippen LogP contribution in [0.2, 0.25) is 8.87 Å². The summed E-state index contributed by atoms with van der Waals surface area (Å²) in [6.45, 7) is 4.35. The molecule has 0 saturated carbocycles. The second-order valence-electron chi connectivity index (χ2n) is 3.04. The molecular formula is C8H19NOSn. The standard InChI is InChI=1S/2C4H9.NO.Sn.H/c2*1-3-4-2;1-2;;/h2*1,3-4H2,2H3;;;/q;;-1;+1;. The zero-order valence-corrected chi connectivity index (χ0v) is 11.0. The Bertz CT molecular complexity index is 90.1. The minimum atomic E-state index is -1.83. The van der Waals surface area contributed by atoms with Crippen molar-refractivity contribution in [2.75, 3.05) is 0 Å². The maximum atomic E-state index is 10.4. The summed E-state index contributed by atoms with van der Waals surface area (Å²) in [5, 5.41) is 0. The molecule has 0 spiro atoms. The van der Waals surface area contributed by atoms with Crippen molar-refractivity contribution in [2.24, 2.45) is 3.40 Å². The number of hydrogen-bond donors (Lipinski definition) is 0. The van der Waals surface area contributed by atoms with Crippen molar-refractivity contribution >= 4 is 20.0 Å². The summed E-state index contributed by atoms with van der Waals surface area (Å²) in [4.78, 5) is 10.4. The van der Waals surface area contributed by atoms with Crippen LogP contribution in [0.5, 0.6) is 0 Å². The first-order valence-electron chi connectivity index (χ1n) is 4.67. The van der Waals surface area contributed by atoms with Crippen LogP contribution in [0, 0.1) is 4.91 Å². The van der Waals surface area contributed by atoms with Gasteiger partial charge in [0.05, 0.1) is 0 Å². The molecule has 0 bridgehead atoms. The van der Waals surface area contributed by atoms with Crippen LogP contribution in [0.1, 0.15) is 39.5 Å². The quantitative estimate of drug-likeness (QED) is 0.513. The summed E-state index contributed by atoms with van der Waals surface area (Å²) in [5.74, 6) is 0. The molecule has 0 atom stereocenters. The first-order valence-corrected chi connectivity index (χ1v) is 10.8. The van der Waals surface area contributed by atoms with Crippen LogP contribution >= 0.6 is 0 Å². The average Bonchev–Trinajstić information content (AvgIpc) is 2.05. The molecule has 2 nitrogen and oxygen atoms in total. The zero-order valence-electron chi connectivity index (χ0n) is 7.68. The molecule has 0 aromatic rings. The molecule has 0 unspecified atom stereocenters. The van der Waals surface area contributed by atoms with E-state index in [0.29, 0.717) is 0 Å². The summed E-state index contributed by atoms with van der Waals surface area (Å²) < 4.78 is 5.72. The van der Waals surface area contributed by atoms with Crippen molar-refractivity contribution in [3.8, 4) is 0 Å². The van der Waals surface area contributed by atoms with E-state index >= 15 is 0 Å². The van der Waals surface area contributed by atoms with E-state index in [2.05, 4.69) is 17.2 Å². The molecule has 0 fully saturated rings. The fourth-order valence-electron chi connectivity index (χ4n) is 1.13. The molecule has 0 aromatic carbocycles. The Balaban J connectivity index is 3.33. The molecule has 0 aliphatic rings. The van der Waals surface area contributed by atoms with Crippen molar-refractivity contribution < 1.29 is 0 Å². The van der Waals surface area contributed by atoms with Crippen molar-refractivity contribution in [1.82, 2.24) is 0 Å². The minimum absolute atomic E-state index is 1.20. The van der Waals surface area contributed by atoms with Crippen LogP contribution in [0.4, 0.5) is 0 Å². The molecule has 0 amide bonds. The van der Waals surface area contributed by atoms with E-state index in [1.165, 1.54) is 34.6 Å². The summed E-state index contributed by atoms with van der Waals surface area (Å²) in [5.41, 5.74) is 0. The van der Waals surface area contributed by atoms with Crippen LogP contribution in [0.15, 0.2) is 3.40 Å². The Hall–Kier alpha value is 0.399. The molecular weight excluding hydrogens is 245 g/mol. The Kier molecular flexibility index (Phi) is 8.80. The third-order valence-corrected chi connectivity index (χ3v) is 8.92. The Morgan fingerprint density at radius 2 is 1.55 bits per heavy atom. The fraction of sp³-hybridized carbons (Fsp3) is 1.00. The van der Waals surface area contributed by atoms with Gasteiger partial charge in [0, 0.05) is 0 Å². The van der Waals surface area contributed by atoms with Gasteiger partial charge >= 0.3 is 76.7 Å². The van der Waals surface area contributed by atoms with Gasteiger partial charge in [-0.05, 0) is 0 Å². The molecule has 66 valence electrons. The number of unbranched alkanes of at least 4 members (excludes halogenated alkanes) is 2. The normalized spacial score (nSPS) is 10.5. The maximum absolute atomic E-state index is 10.4. The SMILES string of the molecule is CCC[CH2][SnH]([CH2]CCC)[N]=O. The van der Waals surface area contributed by atoms with Gasteiger partial charge in [0.25, 0.3) is 0 Å². The number of rotatable bonds is 7. The molecule has 11 heavy (non-hydrogen) atoms. The summed E-state index contributed by atoms with van der Waals surface area (Å²) in [6.07, 6.45) is 4.90. The molecule has 0 N–H and O–H groups in total. The van der Waals surface area contributed by atoms with Gasteiger partial charge in [0.15, 0.2) is 0 Å². The van der Waals surface area contributed by atoms with Crippen LogP contribution in [0.3, 0.4) is 0 Å². The van der Waals surface area contributed by atoms with E-state index < -0.39 is 20.0 Å². The first kappa shape index (κ1) is 11.4. The second kappa shape index (κ2) is 8.49. The summed E-state index contributed by atoms with van der Waals surface area (Å²) >= 11 is -1.83. The van der Waals surface area contributed by atoms with Crippen molar-refractivity contribution in [2.45, 2.75) is 48.4 Å². The van der Waals surface area contributed by atoms with E-state index in [0.717, 1.165) is 0 Å². The molecule has 0 aliphatic heterocycles. The van der Waals surface area contributed by atoms with Gasteiger partial charge in [0.1, 0.15) is 0 Å². The summed E-state index contributed by atoms with van der Waals surface area (Å²) in [6, 6.07) is 0.